The number of fused-ring (bicyclic) bond motifs is 1. The number of hydrogen-bond acceptors (Lipinski definition) is 4. The van der Waals surface area contributed by atoms with Crippen LogP contribution in [0.1, 0.15) is 18.9 Å². The molecule has 0 N–H and O–H groups in total. The van der Waals surface area contributed by atoms with E-state index in [-0.39, 0.29) is 17.7 Å². The molecule has 1 aliphatic rings. The van der Waals surface area contributed by atoms with Crippen molar-refractivity contribution in [2.75, 3.05) is 11.4 Å². The third-order valence-corrected chi connectivity index (χ3v) is 4.08. The summed E-state index contributed by atoms with van der Waals surface area (Å²) in [6.07, 6.45) is 3.91. The lowest BCUT2D eigenvalue weighted by Crippen LogP contribution is -2.42. The van der Waals surface area contributed by atoms with Crippen molar-refractivity contribution in [2.24, 2.45) is 0 Å². The molecule has 1 aliphatic heterocycles. The highest BCUT2D eigenvalue weighted by molar-refractivity contribution is 6.05. The molecular weight excluding hydrogens is 320 g/mol. The fourth-order valence-corrected chi connectivity index (χ4v) is 2.68. The lowest BCUT2D eigenvalue weighted by molar-refractivity contribution is -0.384. The van der Waals surface area contributed by atoms with Crippen molar-refractivity contribution in [3.63, 3.8) is 0 Å². The first-order valence-corrected chi connectivity index (χ1v) is 8.08. The Labute approximate surface area is 145 Å². The predicted molar refractivity (Wildman–Crippen MR) is 95.6 cm³/mol. The van der Waals surface area contributed by atoms with Crippen molar-refractivity contribution >= 4 is 23.4 Å². The molecule has 0 spiro atoms. The molecule has 2 aromatic carbocycles. The predicted octanol–water partition coefficient (Wildman–Crippen LogP) is 3.81. The number of carbonyl (C=O) groups excluding carboxylic acids is 1. The average molecular weight is 338 g/mol. The molecule has 1 heterocycles. The van der Waals surface area contributed by atoms with E-state index in [1.54, 1.807) is 23.1 Å². The Morgan fingerprint density at radius 3 is 2.68 bits per heavy atom. The van der Waals surface area contributed by atoms with Crippen LogP contribution in [0.2, 0.25) is 0 Å². The van der Waals surface area contributed by atoms with Crippen LogP contribution in [0.5, 0.6) is 5.75 Å². The highest BCUT2D eigenvalue weighted by Gasteiger charge is 2.27. The van der Waals surface area contributed by atoms with Crippen LogP contribution in [-0.4, -0.2) is 23.5 Å². The molecule has 0 aromatic heterocycles. The van der Waals surface area contributed by atoms with Gasteiger partial charge in [0.25, 0.3) is 11.6 Å². The van der Waals surface area contributed by atoms with Gasteiger partial charge in [-0.3, -0.25) is 14.9 Å². The fraction of sp³-hybridized carbons (Fsp3) is 0.211. The van der Waals surface area contributed by atoms with Gasteiger partial charge >= 0.3 is 0 Å². The van der Waals surface area contributed by atoms with E-state index in [1.807, 2.05) is 31.2 Å². The minimum Gasteiger partial charge on any atom is -0.486 e. The van der Waals surface area contributed by atoms with Gasteiger partial charge in [-0.05, 0) is 42.3 Å². The molecule has 0 saturated heterocycles. The average Bonchev–Trinajstić information content (AvgIpc) is 2.65. The number of carbonyl (C=O) groups is 1. The molecule has 0 aliphatic carbocycles. The zero-order chi connectivity index (χ0) is 17.8. The van der Waals surface area contributed by atoms with Crippen molar-refractivity contribution < 1.29 is 14.5 Å². The smallest absolute Gasteiger partial charge is 0.269 e. The molecule has 128 valence electrons. The van der Waals surface area contributed by atoms with Crippen LogP contribution >= 0.6 is 0 Å². The topological polar surface area (TPSA) is 72.7 Å². The molecule has 0 saturated carbocycles. The summed E-state index contributed by atoms with van der Waals surface area (Å²) >= 11 is 0. The zero-order valence-electron chi connectivity index (χ0n) is 13.8. The monoisotopic (exact) mass is 338 g/mol. The van der Waals surface area contributed by atoms with Gasteiger partial charge in [-0.15, -0.1) is 0 Å². The van der Waals surface area contributed by atoms with Crippen molar-refractivity contribution in [3.8, 4) is 5.75 Å². The Morgan fingerprint density at radius 2 is 2.00 bits per heavy atom. The van der Waals surface area contributed by atoms with Crippen LogP contribution in [0.3, 0.4) is 0 Å². The molecule has 6 nitrogen and oxygen atoms in total. The van der Waals surface area contributed by atoms with Gasteiger partial charge in [0.2, 0.25) is 0 Å². The van der Waals surface area contributed by atoms with E-state index in [9.17, 15) is 14.9 Å². The van der Waals surface area contributed by atoms with Crippen LogP contribution in [0.4, 0.5) is 11.4 Å². The maximum atomic E-state index is 12.6. The summed E-state index contributed by atoms with van der Waals surface area (Å²) in [4.78, 5) is 24.6. The number of rotatable bonds is 4. The molecule has 0 fully saturated rings. The SMILES string of the molecule is CCC1CN(C(=O)/C=C/c2ccc([N+](=O)[O-])cc2)c2ccccc2O1. The van der Waals surface area contributed by atoms with E-state index in [2.05, 4.69) is 0 Å². The third-order valence-electron chi connectivity index (χ3n) is 4.08. The molecule has 25 heavy (non-hydrogen) atoms. The van der Waals surface area contributed by atoms with E-state index >= 15 is 0 Å². The minimum atomic E-state index is -0.450. The van der Waals surface area contributed by atoms with E-state index in [0.717, 1.165) is 17.7 Å². The standard InChI is InChI=1S/C19H18N2O4/c1-2-16-13-20(17-5-3-4-6-18(17)25-16)19(22)12-9-14-7-10-15(11-8-14)21(23)24/h3-12,16H,2,13H2,1H3/b12-9+. The first-order valence-electron chi connectivity index (χ1n) is 8.08. The Bertz CT molecular complexity index is 814. The molecule has 0 radical (unpaired) electrons. The van der Waals surface area contributed by atoms with Gasteiger partial charge in [0.15, 0.2) is 0 Å². The van der Waals surface area contributed by atoms with Crippen LogP contribution < -0.4 is 9.64 Å². The van der Waals surface area contributed by atoms with E-state index < -0.39 is 4.92 Å². The van der Waals surface area contributed by atoms with Gasteiger partial charge in [-0.25, -0.2) is 0 Å². The maximum Gasteiger partial charge on any atom is 0.269 e. The normalized spacial score (nSPS) is 16.4. The highest BCUT2D eigenvalue weighted by Crippen LogP contribution is 2.33. The van der Waals surface area contributed by atoms with Gasteiger partial charge in [0, 0.05) is 18.2 Å². The summed E-state index contributed by atoms with van der Waals surface area (Å²) in [5.74, 6) is 0.560. The number of hydrogen-bond donors (Lipinski definition) is 0. The first-order chi connectivity index (χ1) is 12.1. The van der Waals surface area contributed by atoms with Gasteiger partial charge < -0.3 is 9.64 Å². The van der Waals surface area contributed by atoms with Gasteiger partial charge in [-0.1, -0.05) is 19.1 Å². The summed E-state index contributed by atoms with van der Waals surface area (Å²) < 4.78 is 5.88. The third kappa shape index (κ3) is 3.68. The number of nitro benzene ring substituents is 1. The highest BCUT2D eigenvalue weighted by atomic mass is 16.6. The molecule has 2 aromatic rings. The van der Waals surface area contributed by atoms with Crippen molar-refractivity contribution in [2.45, 2.75) is 19.4 Å². The summed E-state index contributed by atoms with van der Waals surface area (Å²) in [5, 5.41) is 10.7. The first kappa shape index (κ1) is 16.7. The Balaban J connectivity index is 1.79. The van der Waals surface area contributed by atoms with Crippen LogP contribution in [0.25, 0.3) is 6.08 Å². The molecule has 1 atom stereocenters. The number of para-hydroxylation sites is 2. The largest absolute Gasteiger partial charge is 0.486 e. The second kappa shape index (κ2) is 7.17. The van der Waals surface area contributed by atoms with Gasteiger partial charge in [-0.2, -0.15) is 0 Å². The van der Waals surface area contributed by atoms with Crippen LogP contribution in [0.15, 0.2) is 54.6 Å². The van der Waals surface area contributed by atoms with E-state index in [4.69, 9.17) is 4.74 Å². The summed E-state index contributed by atoms with van der Waals surface area (Å²) in [6.45, 7) is 2.52. The van der Waals surface area contributed by atoms with E-state index in [0.29, 0.717) is 12.3 Å². The zero-order valence-corrected chi connectivity index (χ0v) is 13.8. The second-order valence-corrected chi connectivity index (χ2v) is 5.75. The minimum absolute atomic E-state index is 0.0244. The lowest BCUT2D eigenvalue weighted by atomic mass is 10.1. The Kier molecular flexibility index (Phi) is 4.79. The van der Waals surface area contributed by atoms with Crippen molar-refractivity contribution in [3.05, 3.63) is 70.3 Å². The number of anilines is 1. The number of benzene rings is 2. The quantitative estimate of drug-likeness (QED) is 0.483. The second-order valence-electron chi connectivity index (χ2n) is 5.75. The fourth-order valence-electron chi connectivity index (χ4n) is 2.68. The number of non-ortho nitro benzene ring substituents is 1. The molecule has 1 amide bonds. The van der Waals surface area contributed by atoms with E-state index in [1.165, 1.54) is 18.2 Å². The van der Waals surface area contributed by atoms with Crippen LogP contribution in [0, 0.1) is 10.1 Å². The Hall–Kier alpha value is -3.15. The number of nitrogens with zero attached hydrogens (tertiary/aromatic N) is 2. The number of ether oxygens (including phenoxy) is 1. The molecular formula is C19H18N2O4. The summed E-state index contributed by atoms with van der Waals surface area (Å²) in [5.41, 5.74) is 1.51. The summed E-state index contributed by atoms with van der Waals surface area (Å²) in [7, 11) is 0. The van der Waals surface area contributed by atoms with Gasteiger partial charge in [0.1, 0.15) is 11.9 Å². The molecule has 1 unspecified atom stereocenters. The molecule has 3 rings (SSSR count). The Morgan fingerprint density at radius 1 is 1.28 bits per heavy atom. The molecule has 6 heteroatoms. The number of amides is 1. The van der Waals surface area contributed by atoms with Crippen LogP contribution in [-0.2, 0) is 4.79 Å². The maximum absolute atomic E-state index is 12.6. The molecule has 0 bridgehead atoms. The van der Waals surface area contributed by atoms with Crippen molar-refractivity contribution in [1.82, 2.24) is 0 Å². The van der Waals surface area contributed by atoms with Gasteiger partial charge in [0.05, 0.1) is 17.2 Å². The summed E-state index contributed by atoms with van der Waals surface area (Å²) in [6, 6.07) is 13.5. The van der Waals surface area contributed by atoms with Crippen molar-refractivity contribution in [1.29, 1.82) is 0 Å². The number of nitro groups is 1. The lowest BCUT2D eigenvalue weighted by Gasteiger charge is -2.34.